The first-order valence-corrected chi connectivity index (χ1v) is 6.24. The molecule has 2 rings (SSSR count). The Hall–Kier alpha value is -1.84. The molecular formula is C14H18N2O2. The van der Waals surface area contributed by atoms with E-state index in [0.717, 1.165) is 23.2 Å². The molecule has 0 radical (unpaired) electrons. The van der Waals surface area contributed by atoms with E-state index in [0.29, 0.717) is 6.54 Å². The molecule has 0 saturated carbocycles. The maximum atomic E-state index is 12.4. The highest BCUT2D eigenvalue weighted by Gasteiger charge is 2.37. The number of carbonyl (C=O) groups is 2. The predicted octanol–water partition coefficient (Wildman–Crippen LogP) is 1.93. The number of rotatable bonds is 3. The van der Waals surface area contributed by atoms with E-state index >= 15 is 0 Å². The number of nitrogens with zero attached hydrogens (tertiary/aromatic N) is 1. The molecule has 4 nitrogen and oxygen atoms in total. The summed E-state index contributed by atoms with van der Waals surface area (Å²) in [6.07, 6.45) is 0.895. The summed E-state index contributed by atoms with van der Waals surface area (Å²) in [5, 5.41) is 2.73. The van der Waals surface area contributed by atoms with Crippen LogP contribution in [0, 0.1) is 6.92 Å². The van der Waals surface area contributed by atoms with Gasteiger partial charge >= 0.3 is 0 Å². The SMILES string of the molecule is CCCN1C(=O)C(NC(C)=O)c2cccc(C)c21. The Kier molecular flexibility index (Phi) is 3.36. The van der Waals surface area contributed by atoms with Crippen molar-refractivity contribution in [3.8, 4) is 0 Å². The lowest BCUT2D eigenvalue weighted by Gasteiger charge is -2.18. The van der Waals surface area contributed by atoms with Crippen LogP contribution in [0.15, 0.2) is 18.2 Å². The summed E-state index contributed by atoms with van der Waals surface area (Å²) in [5.74, 6) is -0.212. The standard InChI is InChI=1S/C14H18N2O2/c1-4-8-16-13-9(2)6-5-7-11(13)12(14(16)18)15-10(3)17/h5-7,12H,4,8H2,1-3H3,(H,15,17). The van der Waals surface area contributed by atoms with E-state index in [1.165, 1.54) is 6.92 Å². The van der Waals surface area contributed by atoms with Crippen LogP contribution in [-0.2, 0) is 9.59 Å². The van der Waals surface area contributed by atoms with Crippen molar-refractivity contribution in [3.63, 3.8) is 0 Å². The molecule has 1 aliphatic rings. The van der Waals surface area contributed by atoms with Crippen molar-refractivity contribution >= 4 is 17.5 Å². The van der Waals surface area contributed by atoms with Gasteiger partial charge in [-0.15, -0.1) is 0 Å². The molecule has 0 aromatic heterocycles. The van der Waals surface area contributed by atoms with Crippen molar-refractivity contribution in [1.82, 2.24) is 5.32 Å². The van der Waals surface area contributed by atoms with Crippen LogP contribution in [0.5, 0.6) is 0 Å². The lowest BCUT2D eigenvalue weighted by atomic mass is 10.1. The Labute approximate surface area is 107 Å². The van der Waals surface area contributed by atoms with Crippen LogP contribution in [-0.4, -0.2) is 18.4 Å². The summed E-state index contributed by atoms with van der Waals surface area (Å²) in [6.45, 7) is 6.15. The molecule has 1 N–H and O–H groups in total. The average molecular weight is 246 g/mol. The fraction of sp³-hybridized carbons (Fsp3) is 0.429. The van der Waals surface area contributed by atoms with E-state index < -0.39 is 6.04 Å². The van der Waals surface area contributed by atoms with Crippen LogP contribution in [0.1, 0.15) is 37.4 Å². The van der Waals surface area contributed by atoms with E-state index in [4.69, 9.17) is 0 Å². The highest BCUT2D eigenvalue weighted by atomic mass is 16.2. The minimum absolute atomic E-state index is 0.0312. The van der Waals surface area contributed by atoms with Crippen molar-refractivity contribution in [2.75, 3.05) is 11.4 Å². The second-order valence-electron chi connectivity index (χ2n) is 4.64. The zero-order valence-electron chi connectivity index (χ0n) is 11.0. The average Bonchev–Trinajstić information content (AvgIpc) is 2.56. The molecule has 0 saturated heterocycles. The van der Waals surface area contributed by atoms with Crippen molar-refractivity contribution in [2.24, 2.45) is 0 Å². The van der Waals surface area contributed by atoms with Crippen molar-refractivity contribution in [2.45, 2.75) is 33.2 Å². The second-order valence-corrected chi connectivity index (χ2v) is 4.64. The first kappa shape index (κ1) is 12.6. The normalized spacial score (nSPS) is 17.8. The molecule has 0 spiro atoms. The second kappa shape index (κ2) is 4.80. The number of hydrogen-bond donors (Lipinski definition) is 1. The Bertz CT molecular complexity index is 497. The summed E-state index contributed by atoms with van der Waals surface area (Å²) in [6, 6.07) is 5.30. The Balaban J connectivity index is 2.46. The molecule has 4 heteroatoms. The van der Waals surface area contributed by atoms with Crippen molar-refractivity contribution < 1.29 is 9.59 Å². The maximum absolute atomic E-state index is 12.4. The zero-order valence-corrected chi connectivity index (χ0v) is 11.0. The summed E-state index contributed by atoms with van der Waals surface area (Å²) >= 11 is 0. The van der Waals surface area contributed by atoms with Gasteiger partial charge in [-0.2, -0.15) is 0 Å². The van der Waals surface area contributed by atoms with Crippen LogP contribution in [0.4, 0.5) is 5.69 Å². The molecule has 1 aromatic carbocycles. The van der Waals surface area contributed by atoms with Gasteiger partial charge in [-0.1, -0.05) is 25.1 Å². The zero-order chi connectivity index (χ0) is 13.3. The van der Waals surface area contributed by atoms with Gasteiger partial charge in [-0.25, -0.2) is 0 Å². The topological polar surface area (TPSA) is 49.4 Å². The van der Waals surface area contributed by atoms with Gasteiger partial charge in [0.05, 0.1) is 5.69 Å². The van der Waals surface area contributed by atoms with E-state index in [1.807, 2.05) is 32.0 Å². The van der Waals surface area contributed by atoms with Gasteiger partial charge in [0.2, 0.25) is 5.91 Å². The molecule has 18 heavy (non-hydrogen) atoms. The van der Waals surface area contributed by atoms with Crippen LogP contribution < -0.4 is 10.2 Å². The third-order valence-electron chi connectivity index (χ3n) is 3.16. The molecule has 1 aliphatic heterocycles. The maximum Gasteiger partial charge on any atom is 0.254 e. The largest absolute Gasteiger partial charge is 0.341 e. The van der Waals surface area contributed by atoms with Gasteiger partial charge in [0.25, 0.3) is 5.91 Å². The smallest absolute Gasteiger partial charge is 0.254 e. The molecule has 0 aliphatic carbocycles. The van der Waals surface area contributed by atoms with Gasteiger partial charge in [0, 0.05) is 19.0 Å². The molecule has 1 aromatic rings. The number of benzene rings is 1. The summed E-state index contributed by atoms with van der Waals surface area (Å²) in [7, 11) is 0. The van der Waals surface area contributed by atoms with Crippen LogP contribution in [0.25, 0.3) is 0 Å². The van der Waals surface area contributed by atoms with E-state index in [-0.39, 0.29) is 11.8 Å². The molecule has 0 fully saturated rings. The molecule has 0 bridgehead atoms. The quantitative estimate of drug-likeness (QED) is 0.886. The van der Waals surface area contributed by atoms with Crippen LogP contribution in [0.2, 0.25) is 0 Å². The minimum atomic E-state index is -0.524. The third-order valence-corrected chi connectivity index (χ3v) is 3.16. The predicted molar refractivity (Wildman–Crippen MR) is 70.4 cm³/mol. The number of anilines is 1. The van der Waals surface area contributed by atoms with Crippen molar-refractivity contribution in [3.05, 3.63) is 29.3 Å². The van der Waals surface area contributed by atoms with Crippen molar-refractivity contribution in [1.29, 1.82) is 0 Å². The monoisotopic (exact) mass is 246 g/mol. The van der Waals surface area contributed by atoms with E-state index in [9.17, 15) is 9.59 Å². The number of fused-ring (bicyclic) bond motifs is 1. The lowest BCUT2D eigenvalue weighted by molar-refractivity contribution is -0.126. The van der Waals surface area contributed by atoms with E-state index in [1.54, 1.807) is 4.90 Å². The van der Waals surface area contributed by atoms with E-state index in [2.05, 4.69) is 5.32 Å². The van der Waals surface area contributed by atoms with Gasteiger partial charge < -0.3 is 10.2 Å². The molecule has 1 atom stereocenters. The number of carbonyl (C=O) groups excluding carboxylic acids is 2. The Morgan fingerprint density at radius 1 is 1.44 bits per heavy atom. The summed E-state index contributed by atoms with van der Waals surface area (Å²) < 4.78 is 0. The molecule has 1 heterocycles. The number of nitrogens with one attached hydrogen (secondary N) is 1. The molecule has 2 amide bonds. The minimum Gasteiger partial charge on any atom is -0.341 e. The summed E-state index contributed by atoms with van der Waals surface area (Å²) in [5.41, 5.74) is 2.94. The fourth-order valence-electron chi connectivity index (χ4n) is 2.47. The molecule has 96 valence electrons. The first-order chi connectivity index (χ1) is 8.56. The third kappa shape index (κ3) is 1.98. The van der Waals surface area contributed by atoms with Gasteiger partial charge in [-0.3, -0.25) is 9.59 Å². The van der Waals surface area contributed by atoms with Crippen LogP contribution in [0.3, 0.4) is 0 Å². The number of hydrogen-bond acceptors (Lipinski definition) is 2. The number of para-hydroxylation sites is 1. The van der Waals surface area contributed by atoms with Crippen LogP contribution >= 0.6 is 0 Å². The Morgan fingerprint density at radius 2 is 2.17 bits per heavy atom. The molecule has 1 unspecified atom stereocenters. The van der Waals surface area contributed by atoms with Gasteiger partial charge in [0.1, 0.15) is 6.04 Å². The Morgan fingerprint density at radius 3 is 2.78 bits per heavy atom. The van der Waals surface area contributed by atoms with Gasteiger partial charge in [0.15, 0.2) is 0 Å². The van der Waals surface area contributed by atoms with Gasteiger partial charge in [-0.05, 0) is 18.9 Å². The highest BCUT2D eigenvalue weighted by Crippen LogP contribution is 2.38. The number of aryl methyl sites for hydroxylation is 1. The first-order valence-electron chi connectivity index (χ1n) is 6.24. The molecular weight excluding hydrogens is 228 g/mol. The lowest BCUT2D eigenvalue weighted by Crippen LogP contribution is -2.37. The fourth-order valence-corrected chi connectivity index (χ4v) is 2.47. The summed E-state index contributed by atoms with van der Waals surface area (Å²) in [4.78, 5) is 25.4. The number of amides is 2. The highest BCUT2D eigenvalue weighted by molar-refractivity contribution is 6.06.